The largest absolute Gasteiger partial charge is 0.483 e. The summed E-state index contributed by atoms with van der Waals surface area (Å²) < 4.78 is 12.4. The van der Waals surface area contributed by atoms with Crippen LogP contribution in [0, 0.1) is 15.0 Å². The molecule has 114 valence electrons. The van der Waals surface area contributed by atoms with Gasteiger partial charge in [-0.05, 0) is 35.5 Å². The first kappa shape index (κ1) is 13.6. The number of aromatic nitrogens is 2. The van der Waals surface area contributed by atoms with E-state index in [-0.39, 0.29) is 17.1 Å². The van der Waals surface area contributed by atoms with Crippen LogP contribution >= 0.6 is 12.2 Å². The second-order valence-electron chi connectivity index (χ2n) is 4.98. The highest BCUT2D eigenvalue weighted by molar-refractivity contribution is 7.71. The zero-order valence-corrected chi connectivity index (χ0v) is 12.4. The molecule has 4 rings (SSSR count). The van der Waals surface area contributed by atoms with E-state index in [4.69, 9.17) is 21.5 Å². The summed E-state index contributed by atoms with van der Waals surface area (Å²) in [4.78, 5) is 10.8. The molecule has 1 aliphatic rings. The summed E-state index contributed by atoms with van der Waals surface area (Å²) in [6, 6.07) is 12.0. The fraction of sp³-hybridized carbons (Fsp3) is 0.0667. The number of nitro groups is 1. The average Bonchev–Trinajstić information content (AvgIpc) is 2.96. The number of hydrogen-bond donors (Lipinski definition) is 0. The van der Waals surface area contributed by atoms with Crippen molar-refractivity contribution in [1.82, 2.24) is 9.72 Å². The zero-order valence-electron chi connectivity index (χ0n) is 11.6. The molecule has 0 spiro atoms. The fourth-order valence-electron chi connectivity index (χ4n) is 2.54. The van der Waals surface area contributed by atoms with Crippen molar-refractivity contribution in [3.05, 3.63) is 63.2 Å². The average molecular weight is 327 g/mol. The zero-order chi connectivity index (χ0) is 16.0. The Morgan fingerprint density at radius 2 is 2.04 bits per heavy atom. The number of nitro benzene ring substituents is 1. The minimum atomic E-state index is -0.417. The SMILES string of the molecule is O=[N+]([O-])c1cccc(-c2ccc3c(c2)-n2c(noc2=S)CO3)c1. The smallest absolute Gasteiger partial charge is 0.302 e. The van der Waals surface area contributed by atoms with E-state index in [2.05, 4.69) is 5.16 Å². The van der Waals surface area contributed by atoms with Crippen LogP contribution in [-0.2, 0) is 6.61 Å². The third-order valence-electron chi connectivity index (χ3n) is 3.62. The topological polar surface area (TPSA) is 83.3 Å². The summed E-state index contributed by atoms with van der Waals surface area (Å²) in [5, 5.41) is 14.8. The Morgan fingerprint density at radius 1 is 1.22 bits per heavy atom. The van der Waals surface area contributed by atoms with Gasteiger partial charge in [0.15, 0.2) is 12.4 Å². The molecule has 0 saturated heterocycles. The lowest BCUT2D eigenvalue weighted by molar-refractivity contribution is -0.384. The van der Waals surface area contributed by atoms with Crippen molar-refractivity contribution in [2.45, 2.75) is 6.61 Å². The van der Waals surface area contributed by atoms with Gasteiger partial charge in [-0.25, -0.2) is 4.57 Å². The highest BCUT2D eigenvalue weighted by Crippen LogP contribution is 2.34. The predicted octanol–water partition coefficient (Wildman–Crippen LogP) is 3.66. The molecular weight excluding hydrogens is 318 g/mol. The van der Waals surface area contributed by atoms with E-state index in [1.54, 1.807) is 16.7 Å². The Bertz CT molecular complexity index is 992. The van der Waals surface area contributed by atoms with E-state index in [1.807, 2.05) is 18.2 Å². The van der Waals surface area contributed by atoms with Crippen LogP contribution in [0.2, 0.25) is 0 Å². The monoisotopic (exact) mass is 327 g/mol. The molecule has 8 heteroatoms. The van der Waals surface area contributed by atoms with Gasteiger partial charge in [0.1, 0.15) is 5.75 Å². The molecule has 7 nitrogen and oxygen atoms in total. The molecule has 0 fully saturated rings. The number of nitrogens with zero attached hydrogens (tertiary/aromatic N) is 3. The molecule has 1 aromatic heterocycles. The van der Waals surface area contributed by atoms with Crippen LogP contribution in [0.25, 0.3) is 16.8 Å². The summed E-state index contributed by atoms with van der Waals surface area (Å²) in [5.41, 5.74) is 2.30. The second kappa shape index (κ2) is 5.03. The van der Waals surface area contributed by atoms with Crippen molar-refractivity contribution in [2.24, 2.45) is 0 Å². The van der Waals surface area contributed by atoms with E-state index in [0.29, 0.717) is 17.3 Å². The molecule has 0 radical (unpaired) electrons. The van der Waals surface area contributed by atoms with Gasteiger partial charge in [-0.2, -0.15) is 0 Å². The first-order chi connectivity index (χ1) is 11.1. The molecule has 2 heterocycles. The second-order valence-corrected chi connectivity index (χ2v) is 5.33. The lowest BCUT2D eigenvalue weighted by Gasteiger charge is -2.18. The Hall–Kier alpha value is -3.00. The van der Waals surface area contributed by atoms with Crippen molar-refractivity contribution in [1.29, 1.82) is 0 Å². The maximum absolute atomic E-state index is 10.9. The third-order valence-corrected chi connectivity index (χ3v) is 3.87. The van der Waals surface area contributed by atoms with Gasteiger partial charge in [0.2, 0.25) is 0 Å². The number of ether oxygens (including phenoxy) is 1. The molecular formula is C15H9N3O4S. The predicted molar refractivity (Wildman–Crippen MR) is 83.1 cm³/mol. The molecule has 3 aromatic rings. The van der Waals surface area contributed by atoms with Gasteiger partial charge in [0.25, 0.3) is 5.69 Å². The molecule has 0 N–H and O–H groups in total. The number of non-ortho nitro benzene ring substituents is 1. The van der Waals surface area contributed by atoms with E-state index in [1.165, 1.54) is 12.1 Å². The number of rotatable bonds is 2. The lowest BCUT2D eigenvalue weighted by atomic mass is 10.0. The molecule has 0 unspecified atom stereocenters. The highest BCUT2D eigenvalue weighted by atomic mass is 32.1. The van der Waals surface area contributed by atoms with Crippen LogP contribution in [0.1, 0.15) is 5.82 Å². The molecule has 2 aromatic carbocycles. The maximum atomic E-state index is 10.9. The summed E-state index contributed by atoms with van der Waals surface area (Å²) in [5.74, 6) is 1.24. The molecule has 0 saturated carbocycles. The highest BCUT2D eigenvalue weighted by Gasteiger charge is 2.21. The standard InChI is InChI=1S/C15H9N3O4S/c19-18(20)11-3-1-2-9(6-11)10-4-5-13-12(7-10)17-14(8-21-13)16-22-15(17)23/h1-7H,8H2. The fourth-order valence-corrected chi connectivity index (χ4v) is 2.78. The molecule has 1 aliphatic heterocycles. The number of hydrogen-bond acceptors (Lipinski definition) is 6. The van der Waals surface area contributed by atoms with Crippen LogP contribution in [0.5, 0.6) is 5.75 Å². The van der Waals surface area contributed by atoms with Gasteiger partial charge in [-0.15, -0.1) is 0 Å². The van der Waals surface area contributed by atoms with E-state index in [0.717, 1.165) is 11.1 Å². The van der Waals surface area contributed by atoms with Gasteiger partial charge in [0, 0.05) is 12.1 Å². The summed E-state index contributed by atoms with van der Waals surface area (Å²) >= 11 is 5.15. The third kappa shape index (κ3) is 2.20. The van der Waals surface area contributed by atoms with Crippen LogP contribution < -0.4 is 4.74 Å². The van der Waals surface area contributed by atoms with Crippen molar-refractivity contribution < 1.29 is 14.2 Å². The van der Waals surface area contributed by atoms with Crippen molar-refractivity contribution in [3.63, 3.8) is 0 Å². The minimum Gasteiger partial charge on any atom is -0.483 e. The summed E-state index contributed by atoms with van der Waals surface area (Å²) in [6.45, 7) is 0.281. The quantitative estimate of drug-likeness (QED) is 0.406. The summed E-state index contributed by atoms with van der Waals surface area (Å²) in [6.07, 6.45) is 0. The molecule has 0 bridgehead atoms. The van der Waals surface area contributed by atoms with Crippen LogP contribution in [0.4, 0.5) is 5.69 Å². The first-order valence-corrected chi connectivity index (χ1v) is 7.14. The van der Waals surface area contributed by atoms with Crippen LogP contribution in [0.15, 0.2) is 47.0 Å². The van der Waals surface area contributed by atoms with Crippen molar-refractivity contribution in [3.8, 4) is 22.6 Å². The molecule has 0 atom stereocenters. The van der Waals surface area contributed by atoms with E-state index < -0.39 is 4.92 Å². The Kier molecular flexibility index (Phi) is 2.98. The molecule has 0 aliphatic carbocycles. The van der Waals surface area contributed by atoms with Gasteiger partial charge < -0.3 is 9.26 Å². The minimum absolute atomic E-state index is 0.0405. The van der Waals surface area contributed by atoms with Crippen molar-refractivity contribution in [2.75, 3.05) is 0 Å². The van der Waals surface area contributed by atoms with Crippen LogP contribution in [-0.4, -0.2) is 14.6 Å². The Balaban J connectivity index is 1.88. The van der Waals surface area contributed by atoms with Crippen LogP contribution in [0.3, 0.4) is 0 Å². The summed E-state index contributed by atoms with van der Waals surface area (Å²) in [7, 11) is 0. The lowest BCUT2D eigenvalue weighted by Crippen LogP contribution is -2.13. The maximum Gasteiger partial charge on any atom is 0.302 e. The molecule has 0 amide bonds. The van der Waals surface area contributed by atoms with Gasteiger partial charge >= 0.3 is 4.84 Å². The molecule has 23 heavy (non-hydrogen) atoms. The first-order valence-electron chi connectivity index (χ1n) is 6.73. The Morgan fingerprint density at radius 3 is 2.87 bits per heavy atom. The van der Waals surface area contributed by atoms with Crippen molar-refractivity contribution >= 4 is 17.9 Å². The van der Waals surface area contributed by atoms with E-state index >= 15 is 0 Å². The van der Waals surface area contributed by atoms with Gasteiger partial charge in [0.05, 0.1) is 10.6 Å². The van der Waals surface area contributed by atoms with Gasteiger partial charge in [-0.1, -0.05) is 23.4 Å². The van der Waals surface area contributed by atoms with Gasteiger partial charge in [-0.3, -0.25) is 10.1 Å². The normalized spacial score (nSPS) is 12.2. The Labute approximate surface area is 134 Å². The van der Waals surface area contributed by atoms with E-state index in [9.17, 15) is 10.1 Å². The number of fused-ring (bicyclic) bond motifs is 3. The number of benzene rings is 2.